The lowest BCUT2D eigenvalue weighted by Gasteiger charge is -2.46. The van der Waals surface area contributed by atoms with E-state index >= 15 is 0 Å². The molecule has 0 saturated carbocycles. The highest BCUT2D eigenvalue weighted by molar-refractivity contribution is 8.47. The molecule has 1 heterocycles. The summed E-state index contributed by atoms with van der Waals surface area (Å²) in [5.74, 6) is -1.04. The lowest BCUT2D eigenvalue weighted by Crippen LogP contribution is -2.67. The standard InChI is InChI=1S/C24H23ClN4O10S3/c1-37-18-20(30)27(19(25)22(31)38-12-14-2-6-16(7-3-14)28(33)34)21(18)42-24(40)41-11-10-26-23(32)39-13-15-4-8-17(9-5-15)29(35)36/h2-9,18-19,21H,10-13H2,1H3,(H,26,32)/t18-,19?,21+/m0/s1. The molecule has 0 aromatic heterocycles. The fraction of sp³-hybridized carbons (Fsp3) is 0.333. The number of nitrogens with zero attached hydrogens (tertiary/aromatic N) is 3. The molecule has 14 nitrogen and oxygen atoms in total. The van der Waals surface area contributed by atoms with Gasteiger partial charge < -0.3 is 19.5 Å². The Morgan fingerprint density at radius 3 is 2.05 bits per heavy atom. The average molecular weight is 659 g/mol. The van der Waals surface area contributed by atoms with Crippen molar-refractivity contribution in [3.63, 3.8) is 0 Å². The summed E-state index contributed by atoms with van der Waals surface area (Å²) in [6.07, 6.45) is -1.57. The number of alkyl halides is 1. The maximum atomic E-state index is 12.5. The van der Waals surface area contributed by atoms with Gasteiger partial charge in [-0.1, -0.05) is 35.6 Å². The van der Waals surface area contributed by atoms with Crippen molar-refractivity contribution in [1.29, 1.82) is 0 Å². The molecule has 2 amide bonds. The van der Waals surface area contributed by atoms with Gasteiger partial charge in [0.25, 0.3) is 17.3 Å². The molecule has 224 valence electrons. The number of hydrogen-bond donors (Lipinski definition) is 1. The van der Waals surface area contributed by atoms with Crippen LogP contribution < -0.4 is 5.32 Å². The number of benzene rings is 2. The third kappa shape index (κ3) is 8.99. The molecule has 0 bridgehead atoms. The molecule has 0 radical (unpaired) electrons. The molecule has 1 unspecified atom stereocenters. The van der Waals surface area contributed by atoms with Crippen LogP contribution in [0.4, 0.5) is 16.2 Å². The van der Waals surface area contributed by atoms with E-state index in [-0.39, 0.29) is 31.1 Å². The van der Waals surface area contributed by atoms with Crippen molar-refractivity contribution in [3.05, 3.63) is 79.9 Å². The van der Waals surface area contributed by atoms with Gasteiger partial charge in [-0.3, -0.25) is 29.9 Å². The van der Waals surface area contributed by atoms with Crippen molar-refractivity contribution in [2.45, 2.75) is 30.2 Å². The minimum atomic E-state index is -1.46. The number of methoxy groups -OCH3 is 1. The summed E-state index contributed by atoms with van der Waals surface area (Å²) in [6, 6.07) is 11.0. The number of carbonyl (C=O) groups excluding carboxylic acids is 3. The van der Waals surface area contributed by atoms with Crippen LogP contribution in [0.5, 0.6) is 0 Å². The highest BCUT2D eigenvalue weighted by Crippen LogP contribution is 2.38. The Balaban J connectivity index is 1.40. The van der Waals surface area contributed by atoms with Gasteiger partial charge in [-0.2, -0.15) is 0 Å². The predicted molar refractivity (Wildman–Crippen MR) is 158 cm³/mol. The SMILES string of the molecule is CO[C@H]1C(=O)N(C(Cl)C(=O)OCc2ccc([N+](=O)[O-])cc2)[C@@H]1SC(=S)SCCNC(=O)OCc1ccc([N+](=O)[O-])cc1. The first-order valence-corrected chi connectivity index (χ1v) is 14.6. The van der Waals surface area contributed by atoms with Crippen LogP contribution in [0, 0.1) is 20.2 Å². The number of alkyl carbamates (subject to hydrolysis) is 1. The molecule has 0 aliphatic carbocycles. The number of nitrogens with one attached hydrogen (secondary N) is 1. The zero-order valence-electron chi connectivity index (χ0n) is 21.7. The normalized spacial score (nSPS) is 16.6. The van der Waals surface area contributed by atoms with Gasteiger partial charge in [0.1, 0.15) is 22.1 Å². The summed E-state index contributed by atoms with van der Waals surface area (Å²) >= 11 is 13.9. The number of amides is 2. The molecular weight excluding hydrogens is 636 g/mol. The molecule has 2 aromatic carbocycles. The molecular formula is C24H23ClN4O10S3. The summed E-state index contributed by atoms with van der Waals surface area (Å²) < 4.78 is 15.9. The molecule has 18 heteroatoms. The molecule has 1 saturated heterocycles. The number of carbonyl (C=O) groups is 3. The van der Waals surface area contributed by atoms with E-state index in [0.29, 0.717) is 20.4 Å². The number of likely N-dealkylation sites (tertiary alicyclic amines) is 1. The summed E-state index contributed by atoms with van der Waals surface area (Å²) in [4.78, 5) is 58.5. The van der Waals surface area contributed by atoms with E-state index in [9.17, 15) is 34.6 Å². The van der Waals surface area contributed by atoms with Gasteiger partial charge in [0, 0.05) is 43.7 Å². The number of thiocarbonyl (C=S) groups is 1. The van der Waals surface area contributed by atoms with Crippen LogP contribution in [0.1, 0.15) is 11.1 Å². The third-order valence-corrected chi connectivity index (χ3v) is 8.80. The van der Waals surface area contributed by atoms with E-state index in [1.165, 1.54) is 67.4 Å². The van der Waals surface area contributed by atoms with E-state index in [4.69, 9.17) is 38.0 Å². The van der Waals surface area contributed by atoms with E-state index in [1.54, 1.807) is 0 Å². The highest BCUT2D eigenvalue weighted by Gasteiger charge is 2.53. The van der Waals surface area contributed by atoms with Crippen molar-refractivity contribution >= 4 is 80.2 Å². The summed E-state index contributed by atoms with van der Waals surface area (Å²) in [5, 5.41) is 23.3. The number of nitro groups is 2. The predicted octanol–water partition coefficient (Wildman–Crippen LogP) is 3.97. The quantitative estimate of drug-likeness (QED) is 0.0478. The molecule has 1 N–H and O–H groups in total. The Bertz CT molecular complexity index is 1330. The van der Waals surface area contributed by atoms with Gasteiger partial charge in [0.2, 0.25) is 5.50 Å². The topological polar surface area (TPSA) is 180 Å². The first-order chi connectivity index (χ1) is 20.0. The molecule has 3 rings (SSSR count). The molecule has 2 aromatic rings. The number of esters is 1. The number of hydrogen-bond acceptors (Lipinski definition) is 13. The Labute approximate surface area is 257 Å². The molecule has 1 aliphatic rings. The van der Waals surface area contributed by atoms with Crippen LogP contribution in [-0.2, 0) is 37.0 Å². The zero-order chi connectivity index (χ0) is 30.8. The number of nitro benzene ring substituents is 2. The number of non-ortho nitro benzene ring substituents is 2. The third-order valence-electron chi connectivity index (χ3n) is 5.58. The van der Waals surface area contributed by atoms with Gasteiger partial charge in [0.05, 0.1) is 9.85 Å². The first kappa shape index (κ1) is 33.0. The van der Waals surface area contributed by atoms with Crippen LogP contribution in [0.2, 0.25) is 0 Å². The van der Waals surface area contributed by atoms with Crippen molar-refractivity contribution in [1.82, 2.24) is 10.2 Å². The van der Waals surface area contributed by atoms with Crippen LogP contribution in [0.3, 0.4) is 0 Å². The molecule has 3 atom stereocenters. The summed E-state index contributed by atoms with van der Waals surface area (Å²) in [7, 11) is 1.34. The fourth-order valence-electron chi connectivity index (χ4n) is 3.42. The van der Waals surface area contributed by atoms with Crippen molar-refractivity contribution in [2.75, 3.05) is 19.4 Å². The lowest BCUT2D eigenvalue weighted by molar-refractivity contribution is -0.385. The Hall–Kier alpha value is -3.51. The van der Waals surface area contributed by atoms with Gasteiger partial charge >= 0.3 is 12.1 Å². The largest absolute Gasteiger partial charge is 0.458 e. The fourth-order valence-corrected chi connectivity index (χ4v) is 6.39. The Morgan fingerprint density at radius 2 is 1.55 bits per heavy atom. The summed E-state index contributed by atoms with van der Waals surface area (Å²) in [5.41, 5.74) is -0.556. The van der Waals surface area contributed by atoms with Crippen molar-refractivity contribution in [2.24, 2.45) is 0 Å². The Kier molecular flexibility index (Phi) is 12.3. The van der Waals surface area contributed by atoms with E-state index in [0.717, 1.165) is 16.7 Å². The molecule has 0 spiro atoms. The number of β-lactam (4-membered cyclic amide) rings is 1. The minimum absolute atomic E-state index is 0.0644. The van der Waals surface area contributed by atoms with Crippen molar-refractivity contribution in [3.8, 4) is 0 Å². The maximum Gasteiger partial charge on any atom is 0.407 e. The van der Waals surface area contributed by atoms with E-state index < -0.39 is 44.8 Å². The van der Waals surface area contributed by atoms with E-state index in [2.05, 4.69) is 5.32 Å². The second kappa shape index (κ2) is 15.6. The zero-order valence-corrected chi connectivity index (χ0v) is 24.9. The van der Waals surface area contributed by atoms with Gasteiger partial charge in [-0.25, -0.2) is 9.59 Å². The van der Waals surface area contributed by atoms with Crippen LogP contribution >= 0.6 is 47.3 Å². The van der Waals surface area contributed by atoms with Crippen LogP contribution in [0.15, 0.2) is 48.5 Å². The smallest absolute Gasteiger partial charge is 0.407 e. The van der Waals surface area contributed by atoms with Crippen LogP contribution in [0.25, 0.3) is 0 Å². The maximum absolute atomic E-state index is 12.5. The molecule has 42 heavy (non-hydrogen) atoms. The number of thioether (sulfide) groups is 2. The van der Waals surface area contributed by atoms with Gasteiger partial charge in [-0.15, -0.1) is 11.8 Å². The Morgan fingerprint density at radius 1 is 1.02 bits per heavy atom. The monoisotopic (exact) mass is 658 g/mol. The second-order valence-corrected chi connectivity index (χ2v) is 12.1. The number of ether oxygens (including phenoxy) is 3. The first-order valence-electron chi connectivity index (χ1n) is 11.9. The minimum Gasteiger partial charge on any atom is -0.458 e. The number of rotatable bonds is 13. The highest BCUT2D eigenvalue weighted by atomic mass is 35.5. The molecule has 1 aliphatic heterocycles. The lowest BCUT2D eigenvalue weighted by atomic mass is 10.1. The van der Waals surface area contributed by atoms with Crippen molar-refractivity contribution < 1.29 is 38.4 Å². The second-order valence-electron chi connectivity index (χ2n) is 8.30. The number of halogens is 1. The van der Waals surface area contributed by atoms with Crippen LogP contribution in [-0.4, -0.2) is 72.6 Å². The van der Waals surface area contributed by atoms with E-state index in [1.807, 2.05) is 0 Å². The average Bonchev–Trinajstić information content (AvgIpc) is 2.97. The molecule has 1 fully saturated rings. The summed E-state index contributed by atoms with van der Waals surface area (Å²) in [6.45, 7) is -0.0607. The van der Waals surface area contributed by atoms with Gasteiger partial charge in [0.15, 0.2) is 6.10 Å². The van der Waals surface area contributed by atoms with Gasteiger partial charge in [-0.05, 0) is 35.4 Å².